The van der Waals surface area contributed by atoms with E-state index in [0.29, 0.717) is 13.0 Å². The largest absolute Gasteiger partial charge is 0.497 e. The van der Waals surface area contributed by atoms with Crippen molar-refractivity contribution in [1.82, 2.24) is 4.31 Å². The standard InChI is InChI=1S/C17H18N2O5S/c1-12-17-7-6-15(24-2)10-13(17)8-9-18(12)25(22,23)16-5-3-4-14(11-16)19(20)21/h3-7,10-12H,8-9H2,1-2H3. The van der Waals surface area contributed by atoms with Gasteiger partial charge in [0.25, 0.3) is 5.69 Å². The van der Waals surface area contributed by atoms with Crippen molar-refractivity contribution < 1.29 is 18.1 Å². The molecule has 8 heteroatoms. The lowest BCUT2D eigenvalue weighted by Crippen LogP contribution is -2.38. The second-order valence-corrected chi connectivity index (χ2v) is 7.75. The number of rotatable bonds is 4. The number of sulfonamides is 1. The topological polar surface area (TPSA) is 89.8 Å². The second-order valence-electron chi connectivity index (χ2n) is 5.86. The summed E-state index contributed by atoms with van der Waals surface area (Å²) in [7, 11) is -2.24. The van der Waals surface area contributed by atoms with Crippen molar-refractivity contribution >= 4 is 15.7 Å². The first kappa shape index (κ1) is 17.4. The van der Waals surface area contributed by atoms with Crippen molar-refractivity contribution in [2.75, 3.05) is 13.7 Å². The summed E-state index contributed by atoms with van der Waals surface area (Å²) in [5.74, 6) is 0.737. The summed E-state index contributed by atoms with van der Waals surface area (Å²) in [4.78, 5) is 10.3. The van der Waals surface area contributed by atoms with Crippen molar-refractivity contribution in [2.24, 2.45) is 0 Å². The Kier molecular flexibility index (Phi) is 4.49. The predicted molar refractivity (Wildman–Crippen MR) is 92.1 cm³/mol. The van der Waals surface area contributed by atoms with Crippen LogP contribution in [0.5, 0.6) is 5.75 Å². The number of nitro groups is 1. The van der Waals surface area contributed by atoms with Crippen LogP contribution in [0.25, 0.3) is 0 Å². The number of nitro benzene ring substituents is 1. The molecule has 0 aromatic heterocycles. The Morgan fingerprint density at radius 1 is 1.24 bits per heavy atom. The van der Waals surface area contributed by atoms with Crippen molar-refractivity contribution in [3.05, 3.63) is 63.7 Å². The van der Waals surface area contributed by atoms with Gasteiger partial charge in [0.2, 0.25) is 10.0 Å². The van der Waals surface area contributed by atoms with E-state index in [0.717, 1.165) is 22.9 Å². The SMILES string of the molecule is COc1ccc2c(c1)CCN(S(=O)(=O)c1cccc([N+](=O)[O-])c1)C2C. The molecule has 0 N–H and O–H groups in total. The number of methoxy groups -OCH3 is 1. The molecule has 0 aliphatic carbocycles. The lowest BCUT2D eigenvalue weighted by molar-refractivity contribution is -0.385. The van der Waals surface area contributed by atoms with Crippen LogP contribution in [-0.4, -0.2) is 31.3 Å². The van der Waals surface area contributed by atoms with Gasteiger partial charge in [-0.15, -0.1) is 0 Å². The van der Waals surface area contributed by atoms with E-state index in [4.69, 9.17) is 4.74 Å². The molecule has 1 heterocycles. The van der Waals surface area contributed by atoms with Crippen LogP contribution in [0.15, 0.2) is 47.4 Å². The van der Waals surface area contributed by atoms with E-state index in [1.807, 2.05) is 19.1 Å². The van der Waals surface area contributed by atoms with Gasteiger partial charge in [-0.05, 0) is 42.7 Å². The van der Waals surface area contributed by atoms with Gasteiger partial charge < -0.3 is 4.74 Å². The molecule has 0 bridgehead atoms. The monoisotopic (exact) mass is 362 g/mol. The van der Waals surface area contributed by atoms with E-state index in [-0.39, 0.29) is 16.6 Å². The maximum atomic E-state index is 13.0. The van der Waals surface area contributed by atoms with E-state index in [1.165, 1.54) is 22.5 Å². The van der Waals surface area contributed by atoms with Crippen LogP contribution in [-0.2, 0) is 16.4 Å². The molecule has 0 spiro atoms. The fourth-order valence-electron chi connectivity index (χ4n) is 3.13. The molecule has 2 aromatic rings. The number of nitrogens with zero attached hydrogens (tertiary/aromatic N) is 2. The quantitative estimate of drug-likeness (QED) is 0.616. The molecule has 1 atom stereocenters. The van der Waals surface area contributed by atoms with Crippen LogP contribution < -0.4 is 4.74 Å². The number of hydrogen-bond donors (Lipinski definition) is 0. The fourth-order valence-corrected chi connectivity index (χ4v) is 4.79. The lowest BCUT2D eigenvalue weighted by Gasteiger charge is -2.34. The third-order valence-electron chi connectivity index (χ3n) is 4.47. The fraction of sp³-hybridized carbons (Fsp3) is 0.294. The van der Waals surface area contributed by atoms with Crippen molar-refractivity contribution in [3.8, 4) is 5.75 Å². The Bertz CT molecular complexity index is 926. The number of non-ortho nitro benzene ring substituents is 1. The normalized spacial score (nSPS) is 17.8. The highest BCUT2D eigenvalue weighted by atomic mass is 32.2. The third kappa shape index (κ3) is 3.10. The highest BCUT2D eigenvalue weighted by Crippen LogP contribution is 2.35. The zero-order chi connectivity index (χ0) is 18.2. The van der Waals surface area contributed by atoms with Crippen LogP contribution in [0.3, 0.4) is 0 Å². The zero-order valence-electron chi connectivity index (χ0n) is 13.9. The first-order valence-electron chi connectivity index (χ1n) is 7.77. The second kappa shape index (κ2) is 6.45. The van der Waals surface area contributed by atoms with Gasteiger partial charge in [0, 0.05) is 24.7 Å². The van der Waals surface area contributed by atoms with Crippen molar-refractivity contribution in [2.45, 2.75) is 24.3 Å². The minimum atomic E-state index is -3.83. The van der Waals surface area contributed by atoms with Gasteiger partial charge in [-0.2, -0.15) is 4.31 Å². The van der Waals surface area contributed by atoms with Crippen LogP contribution in [0.4, 0.5) is 5.69 Å². The Morgan fingerprint density at radius 2 is 2.00 bits per heavy atom. The molecule has 0 saturated heterocycles. The number of ether oxygens (including phenoxy) is 1. The molecule has 3 rings (SSSR count). The van der Waals surface area contributed by atoms with E-state index in [1.54, 1.807) is 13.2 Å². The van der Waals surface area contributed by atoms with Crippen LogP contribution in [0.2, 0.25) is 0 Å². The molecule has 1 aliphatic rings. The summed E-state index contributed by atoms with van der Waals surface area (Å²) < 4.78 is 32.6. The Morgan fingerprint density at radius 3 is 2.68 bits per heavy atom. The smallest absolute Gasteiger partial charge is 0.270 e. The molecule has 0 saturated carbocycles. The van der Waals surface area contributed by atoms with Crippen molar-refractivity contribution in [3.63, 3.8) is 0 Å². The molecule has 1 unspecified atom stereocenters. The molecule has 7 nitrogen and oxygen atoms in total. The Balaban J connectivity index is 1.98. The molecular weight excluding hydrogens is 344 g/mol. The van der Waals surface area contributed by atoms with Gasteiger partial charge in [-0.3, -0.25) is 10.1 Å². The third-order valence-corrected chi connectivity index (χ3v) is 6.43. The molecule has 25 heavy (non-hydrogen) atoms. The summed E-state index contributed by atoms with van der Waals surface area (Å²) in [5, 5.41) is 10.9. The van der Waals surface area contributed by atoms with Crippen LogP contribution >= 0.6 is 0 Å². The van der Waals surface area contributed by atoms with Gasteiger partial charge >= 0.3 is 0 Å². The van der Waals surface area contributed by atoms with Crippen LogP contribution in [0.1, 0.15) is 24.1 Å². The van der Waals surface area contributed by atoms with Gasteiger partial charge in [-0.25, -0.2) is 8.42 Å². The minimum Gasteiger partial charge on any atom is -0.497 e. The average molecular weight is 362 g/mol. The minimum absolute atomic E-state index is 0.0643. The van der Waals surface area contributed by atoms with E-state index >= 15 is 0 Å². The maximum absolute atomic E-state index is 13.0. The average Bonchev–Trinajstić information content (AvgIpc) is 2.61. The van der Waals surface area contributed by atoms with Gasteiger partial charge in [0.1, 0.15) is 5.75 Å². The summed E-state index contributed by atoms with van der Waals surface area (Å²) in [6.07, 6.45) is 0.561. The van der Waals surface area contributed by atoms with Gasteiger partial charge in [0.05, 0.1) is 16.9 Å². The van der Waals surface area contributed by atoms with E-state index in [9.17, 15) is 18.5 Å². The van der Waals surface area contributed by atoms with Gasteiger partial charge in [0.15, 0.2) is 0 Å². The van der Waals surface area contributed by atoms with E-state index in [2.05, 4.69) is 0 Å². The van der Waals surface area contributed by atoms with Crippen molar-refractivity contribution in [1.29, 1.82) is 0 Å². The Labute approximate surface area is 146 Å². The maximum Gasteiger partial charge on any atom is 0.270 e. The molecule has 132 valence electrons. The predicted octanol–water partition coefficient (Wildman–Crippen LogP) is 2.91. The zero-order valence-corrected chi connectivity index (χ0v) is 14.7. The van der Waals surface area contributed by atoms with Gasteiger partial charge in [-0.1, -0.05) is 12.1 Å². The molecule has 0 radical (unpaired) electrons. The first-order valence-corrected chi connectivity index (χ1v) is 9.21. The molecule has 1 aliphatic heterocycles. The lowest BCUT2D eigenvalue weighted by atomic mass is 9.95. The summed E-state index contributed by atoms with van der Waals surface area (Å²) in [6.45, 7) is 2.13. The highest BCUT2D eigenvalue weighted by molar-refractivity contribution is 7.89. The van der Waals surface area contributed by atoms with Crippen LogP contribution in [0, 0.1) is 10.1 Å². The highest BCUT2D eigenvalue weighted by Gasteiger charge is 2.34. The molecule has 0 amide bonds. The molecular formula is C17H18N2O5S. The number of benzene rings is 2. The Hall–Kier alpha value is -2.45. The summed E-state index contributed by atoms with van der Waals surface area (Å²) in [6, 6.07) is 10.4. The first-order chi connectivity index (χ1) is 11.8. The summed E-state index contributed by atoms with van der Waals surface area (Å²) >= 11 is 0. The van der Waals surface area contributed by atoms with E-state index < -0.39 is 14.9 Å². The number of fused-ring (bicyclic) bond motifs is 1. The summed E-state index contributed by atoms with van der Waals surface area (Å²) in [5.41, 5.74) is 1.73. The molecule has 2 aromatic carbocycles. The molecule has 0 fully saturated rings. The number of hydrogen-bond acceptors (Lipinski definition) is 5.